The summed E-state index contributed by atoms with van der Waals surface area (Å²) in [5.41, 5.74) is -1.19. The molecule has 0 amide bonds. The second-order valence-electron chi connectivity index (χ2n) is 12.8. The van der Waals surface area contributed by atoms with Crippen molar-refractivity contribution in [3.63, 3.8) is 0 Å². The van der Waals surface area contributed by atoms with Gasteiger partial charge in [0.2, 0.25) is 0 Å². The number of ether oxygens (including phenoxy) is 10. The molecular formula is C31H48O17SSi. The Kier molecular flexibility index (Phi) is 16.6. The molecule has 0 spiro atoms. The molecule has 2 fully saturated rings. The van der Waals surface area contributed by atoms with E-state index in [4.69, 9.17) is 47.4 Å². The maximum Gasteiger partial charge on any atom is 0.303 e. The van der Waals surface area contributed by atoms with E-state index in [-0.39, 0.29) is 12.4 Å². The minimum atomic E-state index is -1.61. The minimum absolute atomic E-state index is 0.135. The van der Waals surface area contributed by atoms with Crippen LogP contribution in [0.1, 0.15) is 48.5 Å². The summed E-state index contributed by atoms with van der Waals surface area (Å²) >= 11 is 0.956. The van der Waals surface area contributed by atoms with E-state index in [0.717, 1.165) is 60.2 Å². The lowest BCUT2D eigenvalue weighted by atomic mass is 9.98. The second kappa shape index (κ2) is 19.4. The molecule has 2 rings (SSSR count). The fourth-order valence-corrected chi connectivity index (χ4v) is 7.12. The lowest BCUT2D eigenvalue weighted by Gasteiger charge is -2.46. The van der Waals surface area contributed by atoms with Crippen molar-refractivity contribution in [2.24, 2.45) is 0 Å². The van der Waals surface area contributed by atoms with Crippen molar-refractivity contribution in [3.05, 3.63) is 0 Å². The van der Waals surface area contributed by atoms with Gasteiger partial charge in [-0.1, -0.05) is 19.6 Å². The number of carbonyl (C=O) groups is 7. The van der Waals surface area contributed by atoms with Gasteiger partial charge < -0.3 is 47.4 Å². The van der Waals surface area contributed by atoms with Gasteiger partial charge in [-0.15, -0.1) is 11.8 Å². The molecule has 2 aliphatic rings. The SMILES string of the molecule is CC(=O)OC[C@H]1O[C@@H](SC[C@H]2O[C@@H](OCC[Si](C)(C)C)[C@H](OC(C)=O)[C@@H](OC(C)=O)[C@@H]2OC(C)=O)[C@H](OC(C)=O)[C@@H](OC(C)=O)[C@@H]1OC(C)=O. The Balaban J connectivity index is 2.57. The highest BCUT2D eigenvalue weighted by Gasteiger charge is 2.55. The first-order valence-corrected chi connectivity index (χ1v) is 20.6. The van der Waals surface area contributed by atoms with E-state index in [0.29, 0.717) is 6.04 Å². The van der Waals surface area contributed by atoms with E-state index in [1.165, 1.54) is 0 Å². The molecule has 2 aliphatic heterocycles. The molecule has 2 heterocycles. The molecule has 0 radical (unpaired) electrons. The molecule has 50 heavy (non-hydrogen) atoms. The number of rotatable bonds is 15. The van der Waals surface area contributed by atoms with Crippen LogP contribution in [0.25, 0.3) is 0 Å². The normalized spacial score (nSPS) is 29.5. The van der Waals surface area contributed by atoms with Crippen LogP contribution in [-0.4, -0.2) is 129 Å². The molecule has 284 valence electrons. The van der Waals surface area contributed by atoms with Crippen molar-refractivity contribution < 1.29 is 80.9 Å². The Hall–Kier alpha value is -3.26. The molecule has 0 N–H and O–H groups in total. The summed E-state index contributed by atoms with van der Waals surface area (Å²) in [6, 6.07) is 0.704. The van der Waals surface area contributed by atoms with Crippen LogP contribution < -0.4 is 0 Å². The predicted octanol–water partition coefficient (Wildman–Crippen LogP) is 1.68. The lowest BCUT2D eigenvalue weighted by molar-refractivity contribution is -0.299. The molecule has 19 heteroatoms. The Labute approximate surface area is 295 Å². The first kappa shape index (κ1) is 42.9. The predicted molar refractivity (Wildman–Crippen MR) is 174 cm³/mol. The zero-order valence-electron chi connectivity index (χ0n) is 30.0. The van der Waals surface area contributed by atoms with E-state index in [1.54, 1.807) is 0 Å². The number of carbonyl (C=O) groups excluding carboxylic acids is 7. The highest BCUT2D eigenvalue weighted by Crippen LogP contribution is 2.37. The van der Waals surface area contributed by atoms with Crippen LogP contribution in [0, 0.1) is 0 Å². The average molecular weight is 753 g/mol. The van der Waals surface area contributed by atoms with Crippen LogP contribution in [0.5, 0.6) is 0 Å². The third-order valence-electron chi connectivity index (χ3n) is 7.00. The van der Waals surface area contributed by atoms with Gasteiger partial charge in [0.1, 0.15) is 24.3 Å². The molecule has 0 aliphatic carbocycles. The third kappa shape index (κ3) is 14.2. The second-order valence-corrected chi connectivity index (χ2v) is 19.6. The summed E-state index contributed by atoms with van der Waals surface area (Å²) < 4.78 is 56.7. The summed E-state index contributed by atoms with van der Waals surface area (Å²) in [5.74, 6) is -5.45. The van der Waals surface area contributed by atoms with Crippen molar-refractivity contribution in [1.29, 1.82) is 0 Å². The van der Waals surface area contributed by atoms with Gasteiger partial charge >= 0.3 is 41.8 Å². The Morgan fingerprint density at radius 1 is 0.540 bits per heavy atom. The van der Waals surface area contributed by atoms with Gasteiger partial charge in [-0.3, -0.25) is 33.6 Å². The highest BCUT2D eigenvalue weighted by atomic mass is 32.2. The van der Waals surface area contributed by atoms with Crippen LogP contribution in [-0.2, 0) is 80.9 Å². The van der Waals surface area contributed by atoms with Gasteiger partial charge in [0.05, 0.1) is 0 Å². The molecule has 2 saturated heterocycles. The van der Waals surface area contributed by atoms with Crippen LogP contribution in [0.2, 0.25) is 25.7 Å². The number of hydrogen-bond donors (Lipinski definition) is 0. The first-order chi connectivity index (χ1) is 23.2. The number of hydrogen-bond acceptors (Lipinski definition) is 18. The van der Waals surface area contributed by atoms with Gasteiger partial charge in [0, 0.05) is 68.9 Å². The van der Waals surface area contributed by atoms with E-state index in [1.807, 2.05) is 0 Å². The van der Waals surface area contributed by atoms with Gasteiger partial charge in [0.15, 0.2) is 42.9 Å². The standard InChI is InChI=1S/C31H48O17SSi/c1-15(32)40-13-22-24(41-16(2)33)27(44-19(5)36)29(46-21(7)38)31(48-22)49-14-23-25(42-17(3)34)26(43-18(4)35)28(45-20(6)37)30(47-23)39-11-12-50(8,9)10/h22-31H,11-14H2,1-10H3/t22-,23-,24-,25-,26+,27+,28-,29-,30-,31+/m1/s1. The summed E-state index contributed by atoms with van der Waals surface area (Å²) in [5, 5.41) is 0. The van der Waals surface area contributed by atoms with E-state index in [2.05, 4.69) is 19.6 Å². The van der Waals surface area contributed by atoms with E-state index < -0.39 is 117 Å². The molecule has 0 unspecified atom stereocenters. The maximum atomic E-state index is 12.3. The lowest BCUT2D eigenvalue weighted by Crippen LogP contribution is -2.63. The van der Waals surface area contributed by atoms with Crippen molar-refractivity contribution in [2.45, 2.75) is 135 Å². The Morgan fingerprint density at radius 2 is 0.960 bits per heavy atom. The van der Waals surface area contributed by atoms with Crippen molar-refractivity contribution in [3.8, 4) is 0 Å². The van der Waals surface area contributed by atoms with Gasteiger partial charge in [-0.2, -0.15) is 0 Å². The van der Waals surface area contributed by atoms with Crippen molar-refractivity contribution in [1.82, 2.24) is 0 Å². The van der Waals surface area contributed by atoms with Crippen LogP contribution in [0.15, 0.2) is 0 Å². The third-order valence-corrected chi connectivity index (χ3v) is 9.94. The van der Waals surface area contributed by atoms with Gasteiger partial charge in [-0.25, -0.2) is 0 Å². The molecule has 0 aromatic heterocycles. The summed E-state index contributed by atoms with van der Waals surface area (Å²) in [6.45, 7) is 14.1. The van der Waals surface area contributed by atoms with Crippen molar-refractivity contribution >= 4 is 61.6 Å². The van der Waals surface area contributed by atoms with E-state index >= 15 is 0 Å². The van der Waals surface area contributed by atoms with Gasteiger partial charge in [-0.05, 0) is 6.04 Å². The molecule has 10 atom stereocenters. The smallest absolute Gasteiger partial charge is 0.303 e. The highest BCUT2D eigenvalue weighted by molar-refractivity contribution is 7.99. The zero-order valence-corrected chi connectivity index (χ0v) is 31.8. The monoisotopic (exact) mass is 752 g/mol. The molecule has 0 bridgehead atoms. The number of thioether (sulfide) groups is 1. The number of esters is 7. The summed E-state index contributed by atoms with van der Waals surface area (Å²) in [6.07, 6.45) is -11.8. The van der Waals surface area contributed by atoms with Crippen LogP contribution in [0.3, 0.4) is 0 Å². The Bertz CT molecular complexity index is 1240. The molecular weight excluding hydrogens is 704 g/mol. The van der Waals surface area contributed by atoms with E-state index in [9.17, 15) is 33.6 Å². The first-order valence-electron chi connectivity index (χ1n) is 15.9. The average Bonchev–Trinajstić information content (AvgIpc) is 2.94. The van der Waals surface area contributed by atoms with Gasteiger partial charge in [0.25, 0.3) is 0 Å². The summed E-state index contributed by atoms with van der Waals surface area (Å²) in [4.78, 5) is 85.1. The minimum Gasteiger partial charge on any atom is -0.463 e. The molecule has 0 saturated carbocycles. The van der Waals surface area contributed by atoms with Crippen LogP contribution >= 0.6 is 11.8 Å². The topological polar surface area (TPSA) is 212 Å². The largest absolute Gasteiger partial charge is 0.463 e. The fourth-order valence-electron chi connectivity index (χ4n) is 5.12. The molecule has 0 aromatic rings. The Morgan fingerprint density at radius 3 is 1.42 bits per heavy atom. The molecule has 0 aromatic carbocycles. The summed E-state index contributed by atoms with van der Waals surface area (Å²) in [7, 11) is -1.61. The fraction of sp³-hybridized carbons (Fsp3) is 0.774. The molecule has 17 nitrogen and oxygen atoms in total. The van der Waals surface area contributed by atoms with Crippen LogP contribution in [0.4, 0.5) is 0 Å². The maximum absolute atomic E-state index is 12.3. The zero-order chi connectivity index (χ0) is 37.9. The quantitative estimate of drug-likeness (QED) is 0.132. The van der Waals surface area contributed by atoms with Crippen molar-refractivity contribution in [2.75, 3.05) is 19.0 Å².